The first kappa shape index (κ1) is 9.81. The van der Waals surface area contributed by atoms with Crippen molar-refractivity contribution in [2.24, 2.45) is 5.41 Å². The van der Waals surface area contributed by atoms with E-state index in [0.29, 0.717) is 0 Å². The predicted molar refractivity (Wildman–Crippen MR) is 44.0 cm³/mol. The molecule has 1 atom stereocenters. The summed E-state index contributed by atoms with van der Waals surface area (Å²) in [7, 11) is 0. The highest BCUT2D eigenvalue weighted by Crippen LogP contribution is 2.09. The average Bonchev–Trinajstić information content (AvgIpc) is 1.81. The van der Waals surface area contributed by atoms with Crippen LogP contribution in [0.5, 0.6) is 0 Å². The van der Waals surface area contributed by atoms with Gasteiger partial charge in [-0.1, -0.05) is 11.8 Å². The molecule has 0 aromatic heterocycles. The molecule has 0 saturated heterocycles. The molecule has 0 amide bonds. The molecule has 0 saturated carbocycles. The first-order valence-corrected chi connectivity index (χ1v) is 3.76. The minimum absolute atomic E-state index is 0.0486. The molecule has 0 aromatic rings. The van der Waals surface area contributed by atoms with E-state index in [4.69, 9.17) is 16.7 Å². The molecule has 0 aliphatic carbocycles. The second-order valence-corrected chi connectivity index (χ2v) is 3.50. The summed E-state index contributed by atoms with van der Waals surface area (Å²) < 4.78 is 0. The molecule has 0 heterocycles. The Morgan fingerprint density at radius 1 is 1.50 bits per heavy atom. The third-order valence-electron chi connectivity index (χ3n) is 0.760. The Labute approximate surface area is 67.4 Å². The summed E-state index contributed by atoms with van der Waals surface area (Å²) in [5.41, 5.74) is -0.0486. The molecule has 0 rings (SSSR count). The van der Waals surface area contributed by atoms with Crippen LogP contribution in [0.4, 0.5) is 0 Å². The summed E-state index contributed by atoms with van der Waals surface area (Å²) in [5, 5.41) is 8.92. The molecule has 10 heavy (non-hydrogen) atoms. The van der Waals surface area contributed by atoms with E-state index in [1.165, 1.54) is 0 Å². The van der Waals surface area contributed by atoms with Gasteiger partial charge in [-0.2, -0.15) is 0 Å². The molecule has 0 radical (unpaired) electrons. The van der Waals surface area contributed by atoms with Gasteiger partial charge in [-0.3, -0.25) is 0 Å². The number of aliphatic hydroxyl groups excluding tert-OH is 1. The molecular formula is C8H13ClO. The quantitative estimate of drug-likeness (QED) is 0.457. The third-order valence-corrected chi connectivity index (χ3v) is 1.05. The SMILES string of the molecule is CC(C)(C)C#CC(O)CCl. The Morgan fingerprint density at radius 3 is 2.30 bits per heavy atom. The predicted octanol–water partition coefficient (Wildman–Crippen LogP) is 1.64. The van der Waals surface area contributed by atoms with Gasteiger partial charge in [0.1, 0.15) is 6.10 Å². The summed E-state index contributed by atoms with van der Waals surface area (Å²) in [6.45, 7) is 5.96. The van der Waals surface area contributed by atoms with Crippen molar-refractivity contribution in [2.45, 2.75) is 26.9 Å². The van der Waals surface area contributed by atoms with Crippen LogP contribution in [0.3, 0.4) is 0 Å². The lowest BCUT2D eigenvalue weighted by molar-refractivity contribution is 0.256. The maximum atomic E-state index is 8.92. The third kappa shape index (κ3) is 5.94. The van der Waals surface area contributed by atoms with E-state index in [1.54, 1.807) is 0 Å². The van der Waals surface area contributed by atoms with Crippen molar-refractivity contribution in [3.63, 3.8) is 0 Å². The number of rotatable bonds is 1. The molecular weight excluding hydrogens is 148 g/mol. The number of hydrogen-bond acceptors (Lipinski definition) is 1. The molecule has 2 heteroatoms. The second-order valence-electron chi connectivity index (χ2n) is 3.19. The Morgan fingerprint density at radius 2 is 2.00 bits per heavy atom. The van der Waals surface area contributed by atoms with E-state index in [2.05, 4.69) is 11.8 Å². The highest BCUT2D eigenvalue weighted by atomic mass is 35.5. The Bertz CT molecular complexity index is 147. The van der Waals surface area contributed by atoms with Crippen LogP contribution in [0.15, 0.2) is 0 Å². The fraction of sp³-hybridized carbons (Fsp3) is 0.750. The fourth-order valence-electron chi connectivity index (χ4n) is 0.338. The molecule has 1 nitrogen and oxygen atoms in total. The van der Waals surface area contributed by atoms with Crippen LogP contribution in [0, 0.1) is 17.3 Å². The average molecular weight is 161 g/mol. The summed E-state index contributed by atoms with van der Waals surface area (Å²) in [4.78, 5) is 0. The van der Waals surface area contributed by atoms with Crippen molar-refractivity contribution >= 4 is 11.6 Å². The van der Waals surface area contributed by atoms with Gasteiger partial charge >= 0.3 is 0 Å². The van der Waals surface area contributed by atoms with Crippen LogP contribution in [0.1, 0.15) is 20.8 Å². The van der Waals surface area contributed by atoms with Gasteiger partial charge in [-0.05, 0) is 20.8 Å². The first-order chi connectivity index (χ1) is 4.45. The molecule has 0 bridgehead atoms. The van der Waals surface area contributed by atoms with Crippen LogP contribution in [0.2, 0.25) is 0 Å². The maximum Gasteiger partial charge on any atom is 0.128 e. The number of hydrogen-bond donors (Lipinski definition) is 1. The van der Waals surface area contributed by atoms with Crippen molar-refractivity contribution in [3.05, 3.63) is 0 Å². The topological polar surface area (TPSA) is 20.2 Å². The molecule has 0 aliphatic rings. The second kappa shape index (κ2) is 3.85. The minimum atomic E-state index is -0.680. The Balaban J connectivity index is 3.91. The van der Waals surface area contributed by atoms with Gasteiger partial charge in [0.25, 0.3) is 0 Å². The van der Waals surface area contributed by atoms with Crippen LogP contribution in [0.25, 0.3) is 0 Å². The summed E-state index contributed by atoms with van der Waals surface area (Å²) in [5.74, 6) is 5.72. The van der Waals surface area contributed by atoms with Crippen molar-refractivity contribution in [3.8, 4) is 11.8 Å². The summed E-state index contributed by atoms with van der Waals surface area (Å²) in [6, 6.07) is 0. The molecule has 0 aromatic carbocycles. The molecule has 0 fully saturated rings. The van der Waals surface area contributed by atoms with Crippen molar-refractivity contribution in [1.29, 1.82) is 0 Å². The number of aliphatic hydroxyl groups is 1. The van der Waals surface area contributed by atoms with Crippen LogP contribution in [-0.4, -0.2) is 17.1 Å². The van der Waals surface area contributed by atoms with Crippen LogP contribution < -0.4 is 0 Å². The van der Waals surface area contributed by atoms with E-state index in [1.807, 2.05) is 20.8 Å². The Hall–Kier alpha value is -0.190. The first-order valence-electron chi connectivity index (χ1n) is 3.22. The monoisotopic (exact) mass is 160 g/mol. The van der Waals surface area contributed by atoms with Gasteiger partial charge in [0.2, 0.25) is 0 Å². The van der Waals surface area contributed by atoms with Crippen molar-refractivity contribution in [1.82, 2.24) is 0 Å². The van der Waals surface area contributed by atoms with Gasteiger partial charge in [0, 0.05) is 5.41 Å². The largest absolute Gasteiger partial charge is 0.379 e. The van der Waals surface area contributed by atoms with E-state index in [0.717, 1.165) is 0 Å². The van der Waals surface area contributed by atoms with Gasteiger partial charge in [-0.25, -0.2) is 0 Å². The lowest BCUT2D eigenvalue weighted by Crippen LogP contribution is -2.07. The Kier molecular flexibility index (Phi) is 3.78. The van der Waals surface area contributed by atoms with Crippen molar-refractivity contribution < 1.29 is 5.11 Å². The lowest BCUT2D eigenvalue weighted by atomic mass is 9.98. The number of halogens is 1. The van der Waals surface area contributed by atoms with Crippen molar-refractivity contribution in [2.75, 3.05) is 5.88 Å². The van der Waals surface area contributed by atoms with Gasteiger partial charge in [-0.15, -0.1) is 11.6 Å². The zero-order valence-electron chi connectivity index (χ0n) is 6.61. The van der Waals surface area contributed by atoms with Gasteiger partial charge < -0.3 is 5.11 Å². The smallest absolute Gasteiger partial charge is 0.128 e. The van der Waals surface area contributed by atoms with E-state index < -0.39 is 6.10 Å². The lowest BCUT2D eigenvalue weighted by Gasteiger charge is -2.07. The minimum Gasteiger partial charge on any atom is -0.379 e. The molecule has 0 spiro atoms. The molecule has 58 valence electrons. The molecule has 1 N–H and O–H groups in total. The van der Waals surface area contributed by atoms with Gasteiger partial charge in [0.05, 0.1) is 5.88 Å². The fourth-order valence-corrected chi connectivity index (χ4v) is 0.416. The normalized spacial score (nSPS) is 13.7. The standard InChI is InChI=1S/C8H13ClO/c1-8(2,3)5-4-7(10)6-9/h7,10H,6H2,1-3H3. The van der Waals surface area contributed by atoms with Crippen LogP contribution >= 0.6 is 11.6 Å². The number of alkyl halides is 1. The zero-order valence-corrected chi connectivity index (χ0v) is 7.37. The zero-order chi connectivity index (χ0) is 8.20. The van der Waals surface area contributed by atoms with E-state index >= 15 is 0 Å². The molecule has 0 aliphatic heterocycles. The van der Waals surface area contributed by atoms with E-state index in [-0.39, 0.29) is 11.3 Å². The molecule has 1 unspecified atom stereocenters. The van der Waals surface area contributed by atoms with Gasteiger partial charge in [0.15, 0.2) is 0 Å². The maximum absolute atomic E-state index is 8.92. The van der Waals surface area contributed by atoms with E-state index in [9.17, 15) is 0 Å². The summed E-state index contributed by atoms with van der Waals surface area (Å²) in [6.07, 6.45) is -0.680. The highest BCUT2D eigenvalue weighted by Gasteiger charge is 2.04. The van der Waals surface area contributed by atoms with Crippen LogP contribution in [-0.2, 0) is 0 Å². The highest BCUT2D eigenvalue weighted by molar-refractivity contribution is 6.18. The summed E-state index contributed by atoms with van der Waals surface area (Å²) >= 11 is 5.33.